The highest BCUT2D eigenvalue weighted by Gasteiger charge is 2.39. The van der Waals surface area contributed by atoms with Gasteiger partial charge in [0.1, 0.15) is 22.8 Å². The minimum atomic E-state index is -4.74. The molecule has 11 heteroatoms. The topological polar surface area (TPSA) is 87.8 Å². The number of hydrogen-bond donors (Lipinski definition) is 1. The third-order valence-corrected chi connectivity index (χ3v) is 7.41. The van der Waals surface area contributed by atoms with Gasteiger partial charge in [0.2, 0.25) is 10.0 Å². The SMILES string of the molecule is C[C@@H](NS(=O)(=O)c1ccc(-c2c(C#N)c3ccc(F)cc3n2C2CCCC2)nc1)C(F)(F)F. The average Bonchev–Trinajstić information content (AvgIpc) is 3.38. The molecule has 1 aromatic carbocycles. The largest absolute Gasteiger partial charge is 0.404 e. The Labute approximate surface area is 187 Å². The summed E-state index contributed by atoms with van der Waals surface area (Å²) >= 11 is 0. The van der Waals surface area contributed by atoms with E-state index in [9.17, 15) is 31.2 Å². The molecule has 33 heavy (non-hydrogen) atoms. The van der Waals surface area contributed by atoms with Crippen LogP contribution in [-0.4, -0.2) is 30.2 Å². The lowest BCUT2D eigenvalue weighted by Gasteiger charge is -2.19. The molecule has 0 saturated heterocycles. The smallest absolute Gasteiger partial charge is 0.335 e. The van der Waals surface area contributed by atoms with Crippen molar-refractivity contribution in [2.24, 2.45) is 0 Å². The summed E-state index contributed by atoms with van der Waals surface area (Å²) in [5, 5.41) is 10.4. The molecule has 0 radical (unpaired) electrons. The van der Waals surface area contributed by atoms with Crippen LogP contribution in [0.4, 0.5) is 17.6 Å². The minimum Gasteiger partial charge on any atom is -0.335 e. The second-order valence-corrected chi connectivity index (χ2v) is 9.78. The Hall–Kier alpha value is -2.97. The van der Waals surface area contributed by atoms with Gasteiger partial charge in [0.05, 0.1) is 22.5 Å². The molecule has 1 atom stereocenters. The van der Waals surface area contributed by atoms with Gasteiger partial charge in [-0.15, -0.1) is 0 Å². The van der Waals surface area contributed by atoms with Crippen molar-refractivity contribution >= 4 is 20.9 Å². The van der Waals surface area contributed by atoms with Crippen LogP contribution in [0, 0.1) is 17.1 Å². The van der Waals surface area contributed by atoms with E-state index in [2.05, 4.69) is 11.1 Å². The summed E-state index contributed by atoms with van der Waals surface area (Å²) in [5.74, 6) is -0.449. The van der Waals surface area contributed by atoms with Crippen LogP contribution >= 0.6 is 0 Å². The molecule has 1 aliphatic rings. The maximum atomic E-state index is 14.1. The lowest BCUT2D eigenvalue weighted by atomic mass is 10.1. The van der Waals surface area contributed by atoms with Crippen molar-refractivity contribution in [1.82, 2.24) is 14.3 Å². The predicted molar refractivity (Wildman–Crippen MR) is 113 cm³/mol. The Morgan fingerprint density at radius 1 is 1.21 bits per heavy atom. The number of rotatable bonds is 5. The fourth-order valence-corrected chi connectivity index (χ4v) is 5.41. The van der Waals surface area contributed by atoms with E-state index in [1.807, 2.05) is 4.57 Å². The molecule has 4 rings (SSSR count). The first kappa shape index (κ1) is 23.2. The van der Waals surface area contributed by atoms with E-state index in [0.29, 0.717) is 23.5 Å². The van der Waals surface area contributed by atoms with E-state index >= 15 is 0 Å². The van der Waals surface area contributed by atoms with Gasteiger partial charge >= 0.3 is 6.18 Å². The van der Waals surface area contributed by atoms with Crippen molar-refractivity contribution in [3.8, 4) is 17.5 Å². The maximum Gasteiger partial charge on any atom is 0.404 e. The van der Waals surface area contributed by atoms with Gasteiger partial charge in [0.15, 0.2) is 0 Å². The quantitative estimate of drug-likeness (QED) is 0.517. The molecule has 0 spiro atoms. The summed E-state index contributed by atoms with van der Waals surface area (Å²) in [5.41, 5.74) is 1.54. The van der Waals surface area contributed by atoms with Gasteiger partial charge in [-0.3, -0.25) is 4.98 Å². The second-order valence-electron chi connectivity index (χ2n) is 8.07. The number of sulfonamides is 1. The zero-order valence-corrected chi connectivity index (χ0v) is 18.3. The maximum absolute atomic E-state index is 14.1. The molecule has 0 bridgehead atoms. The number of halogens is 4. The number of fused-ring (bicyclic) bond motifs is 1. The predicted octanol–water partition coefficient (Wildman–Crippen LogP) is 5.06. The first-order chi connectivity index (χ1) is 15.5. The number of nitrogens with one attached hydrogen (secondary N) is 1. The van der Waals surface area contributed by atoms with Crippen molar-refractivity contribution in [2.75, 3.05) is 0 Å². The van der Waals surface area contributed by atoms with Gasteiger partial charge < -0.3 is 4.57 Å². The zero-order valence-electron chi connectivity index (χ0n) is 17.5. The van der Waals surface area contributed by atoms with Gasteiger partial charge in [-0.25, -0.2) is 12.8 Å². The molecule has 0 amide bonds. The van der Waals surface area contributed by atoms with Crippen molar-refractivity contribution < 1.29 is 26.0 Å². The highest BCUT2D eigenvalue weighted by molar-refractivity contribution is 7.89. The minimum absolute atomic E-state index is 0.0194. The normalized spacial score (nSPS) is 16.2. The van der Waals surface area contributed by atoms with Crippen LogP contribution in [0.25, 0.3) is 22.3 Å². The fraction of sp³-hybridized carbons (Fsp3) is 0.364. The van der Waals surface area contributed by atoms with E-state index in [1.54, 1.807) is 4.72 Å². The highest BCUT2D eigenvalue weighted by Crippen LogP contribution is 2.41. The molecule has 1 aliphatic carbocycles. The van der Waals surface area contributed by atoms with Gasteiger partial charge in [-0.2, -0.15) is 23.2 Å². The molecule has 2 aromatic heterocycles. The van der Waals surface area contributed by atoms with Crippen molar-refractivity contribution in [3.63, 3.8) is 0 Å². The Morgan fingerprint density at radius 2 is 1.91 bits per heavy atom. The molecule has 1 saturated carbocycles. The second kappa shape index (κ2) is 8.43. The Morgan fingerprint density at radius 3 is 2.48 bits per heavy atom. The van der Waals surface area contributed by atoms with Gasteiger partial charge in [0, 0.05) is 17.6 Å². The number of nitriles is 1. The number of pyridine rings is 1. The Kier molecular flexibility index (Phi) is 5.92. The summed E-state index contributed by atoms with van der Waals surface area (Å²) in [6.07, 6.45) is -0.143. The Balaban J connectivity index is 1.81. The summed E-state index contributed by atoms with van der Waals surface area (Å²) < 4.78 is 80.6. The summed E-state index contributed by atoms with van der Waals surface area (Å²) in [4.78, 5) is 3.74. The van der Waals surface area contributed by atoms with Gasteiger partial charge in [-0.05, 0) is 50.1 Å². The van der Waals surface area contributed by atoms with Crippen LogP contribution in [0.3, 0.4) is 0 Å². The third-order valence-electron chi connectivity index (χ3n) is 5.88. The number of hydrogen-bond acceptors (Lipinski definition) is 4. The lowest BCUT2D eigenvalue weighted by Crippen LogP contribution is -2.42. The summed E-state index contributed by atoms with van der Waals surface area (Å²) in [6.45, 7) is 0.706. The third kappa shape index (κ3) is 4.32. The molecular formula is C22H20F4N4O2S. The van der Waals surface area contributed by atoms with Gasteiger partial charge in [-0.1, -0.05) is 12.8 Å². The Bertz CT molecular complexity index is 1340. The number of benzene rings is 1. The molecule has 1 fully saturated rings. The summed E-state index contributed by atoms with van der Waals surface area (Å²) in [6, 6.07) is 6.55. The van der Waals surface area contributed by atoms with Crippen LogP contribution in [0.5, 0.6) is 0 Å². The van der Waals surface area contributed by atoms with Crippen LogP contribution in [0.15, 0.2) is 41.4 Å². The van der Waals surface area contributed by atoms with E-state index in [1.165, 1.54) is 24.3 Å². The van der Waals surface area contributed by atoms with Crippen molar-refractivity contribution in [1.29, 1.82) is 5.26 Å². The van der Waals surface area contributed by atoms with Gasteiger partial charge in [0.25, 0.3) is 0 Å². The van der Waals surface area contributed by atoms with E-state index in [0.717, 1.165) is 37.9 Å². The standard InChI is InChI=1S/C22H20F4N4O2S/c1-13(22(24,25)26)29-33(31,32)16-7-9-19(28-12-16)21-18(11-27)17-8-6-14(23)10-20(17)30(21)15-4-2-3-5-15/h6-10,12-13,15,29H,2-5H2,1H3/t13-/m1/s1. The van der Waals surface area contributed by atoms with Crippen molar-refractivity contribution in [3.05, 3.63) is 47.9 Å². The van der Waals surface area contributed by atoms with Crippen LogP contribution in [0.1, 0.15) is 44.2 Å². The first-order valence-electron chi connectivity index (χ1n) is 10.3. The number of alkyl halides is 3. The number of aromatic nitrogens is 2. The molecule has 1 N–H and O–H groups in total. The van der Waals surface area contributed by atoms with E-state index in [4.69, 9.17) is 0 Å². The molecule has 6 nitrogen and oxygen atoms in total. The van der Waals surface area contributed by atoms with Crippen molar-refractivity contribution in [2.45, 2.75) is 55.8 Å². The van der Waals surface area contributed by atoms with E-state index in [-0.39, 0.29) is 17.3 Å². The van der Waals surface area contributed by atoms with Crippen LogP contribution in [-0.2, 0) is 10.0 Å². The molecule has 174 valence electrons. The average molecular weight is 480 g/mol. The van der Waals surface area contributed by atoms with Crippen LogP contribution < -0.4 is 4.72 Å². The molecular weight excluding hydrogens is 460 g/mol. The molecule has 2 heterocycles. The highest BCUT2D eigenvalue weighted by atomic mass is 32.2. The van der Waals surface area contributed by atoms with E-state index < -0.39 is 33.0 Å². The molecule has 3 aromatic rings. The first-order valence-corrected chi connectivity index (χ1v) is 11.8. The summed E-state index contributed by atoms with van der Waals surface area (Å²) in [7, 11) is -4.47. The fourth-order valence-electron chi connectivity index (χ4n) is 4.24. The molecule has 0 aliphatic heterocycles. The zero-order chi connectivity index (χ0) is 24.0. The monoisotopic (exact) mass is 480 g/mol. The molecule has 0 unspecified atom stereocenters. The number of nitrogens with zero attached hydrogens (tertiary/aromatic N) is 3. The lowest BCUT2D eigenvalue weighted by molar-refractivity contribution is -0.147. The van der Waals surface area contributed by atoms with Crippen LogP contribution in [0.2, 0.25) is 0 Å².